The number of nitro groups is 1. The van der Waals surface area contributed by atoms with Gasteiger partial charge in [0.1, 0.15) is 11.2 Å². The summed E-state index contributed by atoms with van der Waals surface area (Å²) in [7, 11) is 0. The standard InChI is InChI=1S/C22H14N2O6/c25-22(8-5-13-9-20-21(29-12-28-20)11-17(13)24(26)27)23-14-6-7-19-16(10-14)15-3-1-2-4-18(15)30-19/h1-11H,12H2,(H,23,25)/b8-5+. The van der Waals surface area contributed by atoms with E-state index in [1.165, 1.54) is 24.3 Å². The molecule has 0 atom stereocenters. The summed E-state index contributed by atoms with van der Waals surface area (Å²) in [5.41, 5.74) is 2.15. The Balaban J connectivity index is 1.40. The Morgan fingerprint density at radius 3 is 2.60 bits per heavy atom. The van der Waals surface area contributed by atoms with Gasteiger partial charge in [0.05, 0.1) is 16.6 Å². The lowest BCUT2D eigenvalue weighted by Gasteiger charge is -2.03. The van der Waals surface area contributed by atoms with Crippen LogP contribution in [0.1, 0.15) is 5.56 Å². The summed E-state index contributed by atoms with van der Waals surface area (Å²) < 4.78 is 16.2. The lowest BCUT2D eigenvalue weighted by molar-refractivity contribution is -0.385. The van der Waals surface area contributed by atoms with E-state index in [2.05, 4.69) is 5.32 Å². The van der Waals surface area contributed by atoms with Crippen molar-refractivity contribution in [2.24, 2.45) is 0 Å². The largest absolute Gasteiger partial charge is 0.456 e. The molecular formula is C22H14N2O6. The van der Waals surface area contributed by atoms with Crippen molar-refractivity contribution in [3.8, 4) is 11.5 Å². The van der Waals surface area contributed by atoms with Gasteiger partial charge in [-0.2, -0.15) is 0 Å². The number of fused-ring (bicyclic) bond motifs is 4. The van der Waals surface area contributed by atoms with Gasteiger partial charge in [-0.1, -0.05) is 18.2 Å². The van der Waals surface area contributed by atoms with Gasteiger partial charge in [0, 0.05) is 22.5 Å². The molecule has 0 saturated carbocycles. The normalized spacial score (nSPS) is 12.7. The number of amides is 1. The molecule has 1 aromatic heterocycles. The average Bonchev–Trinajstić information content (AvgIpc) is 3.35. The van der Waals surface area contributed by atoms with E-state index in [0.29, 0.717) is 17.2 Å². The maximum atomic E-state index is 12.4. The number of anilines is 1. The van der Waals surface area contributed by atoms with Gasteiger partial charge in [0.15, 0.2) is 11.5 Å². The van der Waals surface area contributed by atoms with Crippen molar-refractivity contribution in [1.29, 1.82) is 0 Å². The van der Waals surface area contributed by atoms with Crippen molar-refractivity contribution in [3.05, 3.63) is 76.4 Å². The molecular weight excluding hydrogens is 388 g/mol. The average molecular weight is 402 g/mol. The van der Waals surface area contributed by atoms with Crippen molar-refractivity contribution in [2.75, 3.05) is 12.1 Å². The molecule has 3 aromatic carbocycles. The maximum Gasteiger partial charge on any atom is 0.280 e. The van der Waals surface area contributed by atoms with Crippen LogP contribution in [0.15, 0.2) is 65.1 Å². The molecule has 1 aliphatic heterocycles. The van der Waals surface area contributed by atoms with Gasteiger partial charge in [-0.15, -0.1) is 0 Å². The van der Waals surface area contributed by atoms with Gasteiger partial charge < -0.3 is 19.2 Å². The van der Waals surface area contributed by atoms with E-state index >= 15 is 0 Å². The second-order valence-corrected chi connectivity index (χ2v) is 6.65. The molecule has 8 nitrogen and oxygen atoms in total. The molecule has 148 valence electrons. The van der Waals surface area contributed by atoms with Crippen LogP contribution in [0.3, 0.4) is 0 Å². The zero-order valence-electron chi connectivity index (χ0n) is 15.5. The second-order valence-electron chi connectivity index (χ2n) is 6.65. The van der Waals surface area contributed by atoms with E-state index in [0.717, 1.165) is 21.9 Å². The van der Waals surface area contributed by atoms with E-state index in [1.807, 2.05) is 30.3 Å². The number of hydrogen-bond acceptors (Lipinski definition) is 6. The van der Waals surface area contributed by atoms with E-state index in [4.69, 9.17) is 13.9 Å². The van der Waals surface area contributed by atoms with Crippen molar-refractivity contribution in [3.63, 3.8) is 0 Å². The fourth-order valence-corrected chi connectivity index (χ4v) is 3.39. The van der Waals surface area contributed by atoms with E-state index in [1.54, 1.807) is 12.1 Å². The van der Waals surface area contributed by atoms with Crippen molar-refractivity contribution >= 4 is 45.3 Å². The highest BCUT2D eigenvalue weighted by molar-refractivity contribution is 6.08. The minimum atomic E-state index is -0.530. The van der Waals surface area contributed by atoms with Gasteiger partial charge in [-0.3, -0.25) is 14.9 Å². The predicted molar refractivity (Wildman–Crippen MR) is 111 cm³/mol. The Labute approximate surface area is 169 Å². The van der Waals surface area contributed by atoms with Crippen LogP contribution in [-0.2, 0) is 4.79 Å². The fraction of sp³-hybridized carbons (Fsp3) is 0.0455. The molecule has 0 radical (unpaired) electrons. The Hall–Kier alpha value is -4.33. The molecule has 0 saturated heterocycles. The number of nitrogens with one attached hydrogen (secondary N) is 1. The summed E-state index contributed by atoms with van der Waals surface area (Å²) in [6, 6.07) is 15.8. The molecule has 1 amide bonds. The van der Waals surface area contributed by atoms with Crippen molar-refractivity contribution in [1.82, 2.24) is 0 Å². The minimum absolute atomic E-state index is 0.00527. The van der Waals surface area contributed by atoms with Gasteiger partial charge in [-0.25, -0.2) is 0 Å². The molecule has 8 heteroatoms. The third-order valence-corrected chi connectivity index (χ3v) is 4.78. The van der Waals surface area contributed by atoms with Crippen LogP contribution in [0.4, 0.5) is 11.4 Å². The molecule has 2 heterocycles. The number of nitro benzene ring substituents is 1. The highest BCUT2D eigenvalue weighted by Gasteiger charge is 2.22. The van der Waals surface area contributed by atoms with E-state index in [9.17, 15) is 14.9 Å². The molecule has 0 unspecified atom stereocenters. The summed E-state index contributed by atoms with van der Waals surface area (Å²) in [5, 5.41) is 15.9. The maximum absolute atomic E-state index is 12.4. The Morgan fingerprint density at radius 1 is 1.00 bits per heavy atom. The number of ether oxygens (including phenoxy) is 2. The summed E-state index contributed by atoms with van der Waals surface area (Å²) in [6.45, 7) is 0.00527. The monoisotopic (exact) mass is 402 g/mol. The molecule has 30 heavy (non-hydrogen) atoms. The molecule has 1 N–H and O–H groups in total. The van der Waals surface area contributed by atoms with Gasteiger partial charge in [-0.05, 0) is 36.4 Å². The topological polar surface area (TPSA) is 104 Å². The molecule has 5 rings (SSSR count). The smallest absolute Gasteiger partial charge is 0.280 e. The molecule has 0 bridgehead atoms. The summed E-state index contributed by atoms with van der Waals surface area (Å²) >= 11 is 0. The first-order valence-corrected chi connectivity index (χ1v) is 9.07. The van der Waals surface area contributed by atoms with Crippen molar-refractivity contribution in [2.45, 2.75) is 0 Å². The first-order chi connectivity index (χ1) is 14.6. The van der Waals surface area contributed by atoms with Gasteiger partial charge in [0.2, 0.25) is 12.7 Å². The quantitative estimate of drug-likeness (QED) is 0.297. The van der Waals surface area contributed by atoms with E-state index < -0.39 is 10.8 Å². The summed E-state index contributed by atoms with van der Waals surface area (Å²) in [6.07, 6.45) is 2.61. The number of carbonyl (C=O) groups excluding carboxylic acids is 1. The number of furan rings is 1. The van der Waals surface area contributed by atoms with Gasteiger partial charge >= 0.3 is 0 Å². The predicted octanol–water partition coefficient (Wildman–Crippen LogP) is 4.87. The molecule has 0 spiro atoms. The molecule has 1 aliphatic rings. The summed E-state index contributed by atoms with van der Waals surface area (Å²) in [5.74, 6) is 0.288. The number of benzene rings is 3. The molecule has 4 aromatic rings. The number of carbonyl (C=O) groups is 1. The minimum Gasteiger partial charge on any atom is -0.456 e. The SMILES string of the molecule is O=C(/C=C/c1cc2c(cc1[N+](=O)[O-])OCO2)Nc1ccc2oc3ccccc3c2c1. The third kappa shape index (κ3) is 3.10. The van der Waals surface area contributed by atoms with Crippen LogP contribution in [-0.4, -0.2) is 17.6 Å². The lowest BCUT2D eigenvalue weighted by Crippen LogP contribution is -2.07. The Kier molecular flexibility index (Phi) is 4.10. The molecule has 0 fully saturated rings. The number of para-hydroxylation sites is 1. The van der Waals surface area contributed by atoms with Crippen LogP contribution in [0.25, 0.3) is 28.0 Å². The van der Waals surface area contributed by atoms with Crippen LogP contribution in [0.5, 0.6) is 11.5 Å². The van der Waals surface area contributed by atoms with Crippen LogP contribution in [0, 0.1) is 10.1 Å². The van der Waals surface area contributed by atoms with E-state index in [-0.39, 0.29) is 18.0 Å². The Morgan fingerprint density at radius 2 is 1.77 bits per heavy atom. The molecule has 0 aliphatic carbocycles. The number of rotatable bonds is 4. The second kappa shape index (κ2) is 6.93. The first kappa shape index (κ1) is 17.7. The van der Waals surface area contributed by atoms with Crippen LogP contribution < -0.4 is 14.8 Å². The van der Waals surface area contributed by atoms with Crippen LogP contribution in [0.2, 0.25) is 0 Å². The fourth-order valence-electron chi connectivity index (χ4n) is 3.39. The lowest BCUT2D eigenvalue weighted by atomic mass is 10.1. The highest BCUT2D eigenvalue weighted by Crippen LogP contribution is 2.38. The number of hydrogen-bond donors (Lipinski definition) is 1. The third-order valence-electron chi connectivity index (χ3n) is 4.78. The van der Waals surface area contributed by atoms with Crippen LogP contribution >= 0.6 is 0 Å². The zero-order chi connectivity index (χ0) is 20.7. The summed E-state index contributed by atoms with van der Waals surface area (Å²) in [4.78, 5) is 23.2. The van der Waals surface area contributed by atoms with Gasteiger partial charge in [0.25, 0.3) is 5.69 Å². The first-order valence-electron chi connectivity index (χ1n) is 9.07. The highest BCUT2D eigenvalue weighted by atomic mass is 16.7. The van der Waals surface area contributed by atoms with Crippen molar-refractivity contribution < 1.29 is 23.6 Å². The zero-order valence-corrected chi connectivity index (χ0v) is 15.5. The Bertz CT molecular complexity index is 1350. The number of nitrogens with zero attached hydrogens (tertiary/aromatic N) is 1.